The van der Waals surface area contributed by atoms with Crippen LogP contribution < -0.4 is 10.1 Å². The van der Waals surface area contributed by atoms with Gasteiger partial charge in [-0.1, -0.05) is 6.07 Å². The summed E-state index contributed by atoms with van der Waals surface area (Å²) < 4.78 is 10.0. The van der Waals surface area contributed by atoms with E-state index in [1.807, 2.05) is 24.9 Å². The van der Waals surface area contributed by atoms with E-state index in [1.54, 1.807) is 7.11 Å². The standard InChI is InChI=1S/C16H23NO3S/c1-17-16-13-10-12(19-2)6-4-11(13)5-7-14(16)21-9-8-15(18)20-3/h4,6,10,14,16-17H,5,7-9H2,1-3H3. The second-order valence-corrected chi connectivity index (χ2v) is 6.45. The predicted octanol–water partition coefficient (Wildman–Crippen LogP) is 2.57. The number of rotatable bonds is 6. The van der Waals surface area contributed by atoms with E-state index < -0.39 is 0 Å². The normalized spacial score (nSPS) is 20.7. The number of carbonyl (C=O) groups is 1. The van der Waals surface area contributed by atoms with Gasteiger partial charge in [0.1, 0.15) is 5.75 Å². The Morgan fingerprint density at radius 3 is 2.90 bits per heavy atom. The number of benzene rings is 1. The Bertz CT molecular complexity index is 492. The number of fused-ring (bicyclic) bond motifs is 1. The molecule has 2 atom stereocenters. The van der Waals surface area contributed by atoms with Crippen LogP contribution in [-0.2, 0) is 16.0 Å². The molecule has 1 aliphatic carbocycles. The highest BCUT2D eigenvalue weighted by Gasteiger charge is 2.29. The molecule has 1 aromatic rings. The van der Waals surface area contributed by atoms with Crippen molar-refractivity contribution in [3.63, 3.8) is 0 Å². The summed E-state index contributed by atoms with van der Waals surface area (Å²) in [7, 11) is 5.13. The highest BCUT2D eigenvalue weighted by atomic mass is 32.2. The van der Waals surface area contributed by atoms with Gasteiger partial charge in [0.15, 0.2) is 0 Å². The third-order valence-electron chi connectivity index (χ3n) is 3.93. The first-order valence-electron chi connectivity index (χ1n) is 7.22. The van der Waals surface area contributed by atoms with Crippen molar-refractivity contribution in [3.8, 4) is 5.75 Å². The molecule has 0 fully saturated rings. The van der Waals surface area contributed by atoms with Crippen molar-refractivity contribution in [2.75, 3.05) is 27.0 Å². The maximum Gasteiger partial charge on any atom is 0.306 e. The molecule has 0 aliphatic heterocycles. The molecule has 0 aromatic heterocycles. The van der Waals surface area contributed by atoms with Gasteiger partial charge in [-0.05, 0) is 43.1 Å². The highest BCUT2D eigenvalue weighted by Crippen LogP contribution is 2.38. The number of nitrogens with one attached hydrogen (secondary N) is 1. The Hall–Kier alpha value is -1.20. The van der Waals surface area contributed by atoms with Crippen molar-refractivity contribution in [2.24, 2.45) is 0 Å². The average molecular weight is 309 g/mol. The van der Waals surface area contributed by atoms with Crippen molar-refractivity contribution in [2.45, 2.75) is 30.6 Å². The first-order chi connectivity index (χ1) is 10.2. The maximum absolute atomic E-state index is 11.2. The molecule has 0 spiro atoms. The van der Waals surface area contributed by atoms with Gasteiger partial charge in [-0.3, -0.25) is 4.79 Å². The lowest BCUT2D eigenvalue weighted by Crippen LogP contribution is -2.32. The molecule has 21 heavy (non-hydrogen) atoms. The van der Waals surface area contributed by atoms with Gasteiger partial charge in [-0.2, -0.15) is 11.8 Å². The molecule has 5 heteroatoms. The lowest BCUT2D eigenvalue weighted by Gasteiger charge is -2.33. The van der Waals surface area contributed by atoms with Crippen molar-refractivity contribution >= 4 is 17.7 Å². The van der Waals surface area contributed by atoms with Crippen LogP contribution in [0.5, 0.6) is 5.75 Å². The number of methoxy groups -OCH3 is 2. The fourth-order valence-corrected chi connectivity index (χ4v) is 4.15. The molecule has 116 valence electrons. The Labute approximate surface area is 130 Å². The van der Waals surface area contributed by atoms with Crippen LogP contribution >= 0.6 is 11.8 Å². The van der Waals surface area contributed by atoms with E-state index in [2.05, 4.69) is 17.4 Å². The topological polar surface area (TPSA) is 47.6 Å². The molecule has 2 unspecified atom stereocenters. The van der Waals surface area contributed by atoms with Gasteiger partial charge in [0.25, 0.3) is 0 Å². The van der Waals surface area contributed by atoms with Crippen molar-refractivity contribution in [1.29, 1.82) is 0 Å². The lowest BCUT2D eigenvalue weighted by molar-refractivity contribution is -0.140. The zero-order valence-corrected chi connectivity index (χ0v) is 13.7. The van der Waals surface area contributed by atoms with Gasteiger partial charge < -0.3 is 14.8 Å². The summed E-state index contributed by atoms with van der Waals surface area (Å²) in [4.78, 5) is 11.2. The molecule has 0 saturated carbocycles. The third kappa shape index (κ3) is 3.92. The quantitative estimate of drug-likeness (QED) is 0.818. The van der Waals surface area contributed by atoms with Crippen molar-refractivity contribution in [3.05, 3.63) is 29.3 Å². The molecule has 0 heterocycles. The van der Waals surface area contributed by atoms with E-state index >= 15 is 0 Å². The van der Waals surface area contributed by atoms with Crippen LogP contribution in [0.1, 0.15) is 30.0 Å². The molecule has 1 N–H and O–H groups in total. The van der Waals surface area contributed by atoms with Gasteiger partial charge in [0.05, 0.1) is 20.6 Å². The van der Waals surface area contributed by atoms with E-state index in [-0.39, 0.29) is 5.97 Å². The zero-order chi connectivity index (χ0) is 15.2. The smallest absolute Gasteiger partial charge is 0.306 e. The van der Waals surface area contributed by atoms with Gasteiger partial charge in [0.2, 0.25) is 0 Å². The average Bonchev–Trinajstić information content (AvgIpc) is 2.53. The largest absolute Gasteiger partial charge is 0.497 e. The van der Waals surface area contributed by atoms with Gasteiger partial charge >= 0.3 is 5.97 Å². The van der Waals surface area contributed by atoms with Crippen LogP contribution in [0.3, 0.4) is 0 Å². The Morgan fingerprint density at radius 2 is 2.24 bits per heavy atom. The summed E-state index contributed by atoms with van der Waals surface area (Å²) in [5.41, 5.74) is 2.71. The monoisotopic (exact) mass is 309 g/mol. The highest BCUT2D eigenvalue weighted by molar-refractivity contribution is 7.99. The van der Waals surface area contributed by atoms with E-state index in [9.17, 15) is 4.79 Å². The van der Waals surface area contributed by atoms with Gasteiger partial charge in [-0.15, -0.1) is 0 Å². The number of carbonyl (C=O) groups excluding carboxylic acids is 1. The van der Waals surface area contributed by atoms with E-state index in [0.29, 0.717) is 17.7 Å². The van der Waals surface area contributed by atoms with Crippen LogP contribution in [0.2, 0.25) is 0 Å². The number of esters is 1. The molecule has 1 aromatic carbocycles. The molecule has 0 bridgehead atoms. The molecule has 0 amide bonds. The summed E-state index contributed by atoms with van der Waals surface area (Å²) in [6.07, 6.45) is 2.67. The van der Waals surface area contributed by atoms with Crippen LogP contribution in [0.4, 0.5) is 0 Å². The summed E-state index contributed by atoms with van der Waals surface area (Å²) in [5.74, 6) is 1.56. The molecule has 4 nitrogen and oxygen atoms in total. The van der Waals surface area contributed by atoms with E-state index in [4.69, 9.17) is 9.47 Å². The van der Waals surface area contributed by atoms with Crippen molar-refractivity contribution in [1.82, 2.24) is 5.32 Å². The minimum atomic E-state index is -0.138. The first kappa shape index (κ1) is 16.2. The molecular weight excluding hydrogens is 286 g/mol. The first-order valence-corrected chi connectivity index (χ1v) is 8.27. The van der Waals surface area contributed by atoms with Crippen LogP contribution in [0.15, 0.2) is 18.2 Å². The van der Waals surface area contributed by atoms with Crippen LogP contribution in [0.25, 0.3) is 0 Å². The summed E-state index contributed by atoms with van der Waals surface area (Å²) in [6, 6.07) is 6.61. The maximum atomic E-state index is 11.2. The fourth-order valence-electron chi connectivity index (χ4n) is 2.80. The third-order valence-corrected chi connectivity index (χ3v) is 5.31. The Balaban J connectivity index is 2.06. The molecule has 2 rings (SSSR count). The number of aryl methyl sites for hydroxylation is 1. The fraction of sp³-hybridized carbons (Fsp3) is 0.562. The molecular formula is C16H23NO3S. The van der Waals surface area contributed by atoms with Crippen LogP contribution in [-0.4, -0.2) is 38.2 Å². The Morgan fingerprint density at radius 1 is 1.43 bits per heavy atom. The Kier molecular flexibility index (Phi) is 5.94. The number of hydrogen-bond donors (Lipinski definition) is 1. The second kappa shape index (κ2) is 7.71. The number of thioether (sulfide) groups is 1. The van der Waals surface area contributed by atoms with E-state index in [1.165, 1.54) is 18.2 Å². The second-order valence-electron chi connectivity index (χ2n) is 5.11. The van der Waals surface area contributed by atoms with E-state index in [0.717, 1.165) is 24.3 Å². The minimum absolute atomic E-state index is 0.138. The summed E-state index contributed by atoms with van der Waals surface area (Å²) in [6.45, 7) is 0. The minimum Gasteiger partial charge on any atom is -0.497 e. The summed E-state index contributed by atoms with van der Waals surface area (Å²) >= 11 is 1.85. The SMILES string of the molecule is CNC1c2cc(OC)ccc2CCC1SCCC(=O)OC. The van der Waals surface area contributed by atoms with Gasteiger partial charge in [-0.25, -0.2) is 0 Å². The van der Waals surface area contributed by atoms with Crippen LogP contribution in [0, 0.1) is 0 Å². The predicted molar refractivity (Wildman–Crippen MR) is 86.0 cm³/mol. The number of ether oxygens (including phenoxy) is 2. The molecule has 1 aliphatic rings. The van der Waals surface area contributed by atoms with Gasteiger partial charge in [0, 0.05) is 17.0 Å². The van der Waals surface area contributed by atoms with Crippen molar-refractivity contribution < 1.29 is 14.3 Å². The number of hydrogen-bond acceptors (Lipinski definition) is 5. The lowest BCUT2D eigenvalue weighted by atomic mass is 9.87. The molecule has 0 radical (unpaired) electrons. The molecule has 0 saturated heterocycles. The zero-order valence-electron chi connectivity index (χ0n) is 12.8. The summed E-state index contributed by atoms with van der Waals surface area (Å²) in [5, 5.41) is 3.89.